The minimum absolute atomic E-state index is 0.224. The molecule has 5 rings (SSSR count). The summed E-state index contributed by atoms with van der Waals surface area (Å²) in [6, 6.07) is 25.5. The monoisotopic (exact) mass is 564 g/mol. The number of thiocarbonyl (C=S) groups is 1. The van der Waals surface area contributed by atoms with Gasteiger partial charge in [0.05, 0.1) is 4.91 Å². The lowest BCUT2D eigenvalue weighted by molar-refractivity contribution is -0.123. The Bertz CT molecular complexity index is 1550. The van der Waals surface area contributed by atoms with Crippen molar-refractivity contribution in [3.63, 3.8) is 0 Å². The number of halogens is 2. The number of rotatable bonds is 6. The molecule has 0 unspecified atom stereocenters. The second kappa shape index (κ2) is 10.9. The van der Waals surface area contributed by atoms with Crippen molar-refractivity contribution in [1.29, 1.82) is 0 Å². The molecule has 0 aromatic heterocycles. The van der Waals surface area contributed by atoms with Gasteiger partial charge in [-0.15, -0.1) is 0 Å². The highest BCUT2D eigenvalue weighted by molar-refractivity contribution is 8.26. The zero-order valence-electron chi connectivity index (χ0n) is 19.1. The van der Waals surface area contributed by atoms with Crippen molar-refractivity contribution < 1.29 is 14.3 Å². The average Bonchev–Trinajstić information content (AvgIpc) is 3.16. The Balaban J connectivity index is 1.44. The van der Waals surface area contributed by atoms with E-state index in [-0.39, 0.29) is 4.32 Å². The smallest absolute Gasteiger partial charge is 0.285 e. The molecule has 4 aromatic rings. The van der Waals surface area contributed by atoms with Gasteiger partial charge in [0.1, 0.15) is 12.4 Å². The van der Waals surface area contributed by atoms with E-state index in [0.29, 0.717) is 32.9 Å². The van der Waals surface area contributed by atoms with Gasteiger partial charge in [-0.25, -0.2) is 0 Å². The van der Waals surface area contributed by atoms with Crippen LogP contribution in [0.25, 0.3) is 16.8 Å². The van der Waals surface area contributed by atoms with E-state index in [1.54, 1.807) is 30.3 Å². The van der Waals surface area contributed by atoms with Crippen LogP contribution >= 0.6 is 47.2 Å². The van der Waals surface area contributed by atoms with Crippen LogP contribution in [0.2, 0.25) is 10.0 Å². The standard InChI is InChI=1S/C28H18Cl2N2O3S2/c29-20-10-5-17(6-11-20)16-35-24-14-9-18-3-1-2-4-22(18)23(24)15-25-27(34)32(28(36)37-25)31-26(33)19-7-12-21(30)13-8-19/h1-15H,16H2,(H,31,33)/b25-15+. The largest absolute Gasteiger partial charge is 0.488 e. The molecule has 0 atom stereocenters. The Morgan fingerprint density at radius 2 is 1.62 bits per heavy atom. The van der Waals surface area contributed by atoms with Crippen molar-refractivity contribution in [2.75, 3.05) is 0 Å². The van der Waals surface area contributed by atoms with Gasteiger partial charge in [-0.3, -0.25) is 15.0 Å². The predicted molar refractivity (Wildman–Crippen MR) is 154 cm³/mol. The van der Waals surface area contributed by atoms with Crippen LogP contribution in [0.4, 0.5) is 0 Å². The summed E-state index contributed by atoms with van der Waals surface area (Å²) in [5, 5.41) is 4.17. The number of hydrogen-bond acceptors (Lipinski definition) is 5. The van der Waals surface area contributed by atoms with Crippen LogP contribution in [0.15, 0.2) is 89.8 Å². The van der Waals surface area contributed by atoms with Gasteiger partial charge < -0.3 is 4.74 Å². The van der Waals surface area contributed by atoms with E-state index in [0.717, 1.165) is 38.7 Å². The zero-order valence-corrected chi connectivity index (χ0v) is 22.3. The molecule has 0 aliphatic carbocycles. The number of hydrazine groups is 1. The third kappa shape index (κ3) is 5.65. The normalized spacial score (nSPS) is 14.4. The molecule has 4 aromatic carbocycles. The van der Waals surface area contributed by atoms with Crippen LogP contribution < -0.4 is 10.2 Å². The fraction of sp³-hybridized carbons (Fsp3) is 0.0357. The Morgan fingerprint density at radius 1 is 0.946 bits per heavy atom. The first kappa shape index (κ1) is 25.3. The van der Waals surface area contributed by atoms with E-state index < -0.39 is 11.8 Å². The summed E-state index contributed by atoms with van der Waals surface area (Å²) in [6.07, 6.45) is 1.76. The van der Waals surface area contributed by atoms with Crippen molar-refractivity contribution in [3.8, 4) is 5.75 Å². The molecule has 2 amide bonds. The maximum atomic E-state index is 13.3. The first-order valence-corrected chi connectivity index (χ1v) is 13.1. The van der Waals surface area contributed by atoms with E-state index in [4.69, 9.17) is 40.2 Å². The number of thioether (sulfide) groups is 1. The molecule has 1 heterocycles. The van der Waals surface area contributed by atoms with E-state index >= 15 is 0 Å². The topological polar surface area (TPSA) is 58.6 Å². The predicted octanol–water partition coefficient (Wildman–Crippen LogP) is 7.27. The summed E-state index contributed by atoms with van der Waals surface area (Å²) in [7, 11) is 0. The number of nitrogens with zero attached hydrogens (tertiary/aromatic N) is 1. The Labute approximate surface area is 233 Å². The highest BCUT2D eigenvalue weighted by Gasteiger charge is 2.34. The lowest BCUT2D eigenvalue weighted by Crippen LogP contribution is -2.44. The van der Waals surface area contributed by atoms with Gasteiger partial charge in [0.15, 0.2) is 4.32 Å². The molecule has 0 spiro atoms. The van der Waals surface area contributed by atoms with Gasteiger partial charge in [-0.1, -0.05) is 77.4 Å². The molecule has 184 valence electrons. The molecule has 1 fully saturated rings. The van der Waals surface area contributed by atoms with E-state index in [2.05, 4.69) is 5.43 Å². The molecular formula is C28H18Cl2N2O3S2. The van der Waals surface area contributed by atoms with Crippen molar-refractivity contribution >= 4 is 80.2 Å². The number of fused-ring (bicyclic) bond motifs is 1. The molecule has 37 heavy (non-hydrogen) atoms. The molecule has 0 radical (unpaired) electrons. The van der Waals surface area contributed by atoms with Crippen LogP contribution in [0.3, 0.4) is 0 Å². The van der Waals surface area contributed by atoms with E-state index in [9.17, 15) is 9.59 Å². The second-order valence-electron chi connectivity index (χ2n) is 8.08. The van der Waals surface area contributed by atoms with E-state index in [1.165, 1.54) is 0 Å². The van der Waals surface area contributed by atoms with Gasteiger partial charge >= 0.3 is 0 Å². The maximum Gasteiger partial charge on any atom is 0.285 e. The summed E-state index contributed by atoms with van der Waals surface area (Å²) in [6.45, 7) is 0.328. The van der Waals surface area contributed by atoms with Gasteiger partial charge in [0, 0.05) is 21.2 Å². The first-order valence-electron chi connectivity index (χ1n) is 11.1. The second-order valence-corrected chi connectivity index (χ2v) is 10.6. The number of nitrogens with one attached hydrogen (secondary N) is 1. The minimum atomic E-state index is -0.466. The number of ether oxygens (including phenoxy) is 1. The van der Waals surface area contributed by atoms with Crippen LogP contribution in [-0.2, 0) is 11.4 Å². The van der Waals surface area contributed by atoms with Crippen molar-refractivity contribution in [1.82, 2.24) is 10.4 Å². The first-order chi connectivity index (χ1) is 17.9. The molecule has 0 saturated carbocycles. The third-order valence-electron chi connectivity index (χ3n) is 5.63. The maximum absolute atomic E-state index is 13.3. The molecular weight excluding hydrogens is 547 g/mol. The molecule has 1 N–H and O–H groups in total. The summed E-state index contributed by atoms with van der Waals surface area (Å²) in [5.74, 6) is -0.274. The number of carbonyl (C=O) groups excluding carboxylic acids is 2. The lowest BCUT2D eigenvalue weighted by atomic mass is 10.0. The highest BCUT2D eigenvalue weighted by atomic mass is 35.5. The van der Waals surface area contributed by atoms with Crippen LogP contribution in [0, 0.1) is 0 Å². The average molecular weight is 566 g/mol. The fourth-order valence-corrected chi connectivity index (χ4v) is 5.17. The van der Waals surface area contributed by atoms with Gasteiger partial charge in [-0.2, -0.15) is 5.01 Å². The molecule has 1 saturated heterocycles. The van der Waals surface area contributed by atoms with Crippen LogP contribution in [0.1, 0.15) is 21.5 Å². The van der Waals surface area contributed by atoms with Gasteiger partial charge in [0.25, 0.3) is 11.8 Å². The molecule has 1 aliphatic rings. The quantitative estimate of drug-likeness (QED) is 0.197. The number of benzene rings is 4. The highest BCUT2D eigenvalue weighted by Crippen LogP contribution is 2.36. The Kier molecular flexibility index (Phi) is 7.48. The zero-order chi connectivity index (χ0) is 25.9. The summed E-state index contributed by atoms with van der Waals surface area (Å²) in [5.41, 5.74) is 4.65. The molecule has 0 bridgehead atoms. The number of amides is 2. The van der Waals surface area contributed by atoms with Crippen molar-refractivity contribution in [2.45, 2.75) is 6.61 Å². The van der Waals surface area contributed by atoms with Crippen LogP contribution in [0.5, 0.6) is 5.75 Å². The van der Waals surface area contributed by atoms with E-state index in [1.807, 2.05) is 60.7 Å². The molecule has 9 heteroatoms. The van der Waals surface area contributed by atoms with Crippen molar-refractivity contribution in [3.05, 3.63) is 117 Å². The van der Waals surface area contributed by atoms with Crippen molar-refractivity contribution in [2.24, 2.45) is 0 Å². The summed E-state index contributed by atoms with van der Waals surface area (Å²) >= 11 is 18.4. The summed E-state index contributed by atoms with van der Waals surface area (Å²) in [4.78, 5) is 26.3. The third-order valence-corrected chi connectivity index (χ3v) is 7.43. The Morgan fingerprint density at radius 3 is 2.35 bits per heavy atom. The van der Waals surface area contributed by atoms with Gasteiger partial charge in [0.2, 0.25) is 0 Å². The summed E-state index contributed by atoms with van der Waals surface area (Å²) < 4.78 is 6.39. The lowest BCUT2D eigenvalue weighted by Gasteiger charge is -2.15. The number of carbonyl (C=O) groups is 2. The minimum Gasteiger partial charge on any atom is -0.488 e. The Hall–Kier alpha value is -3.36. The van der Waals surface area contributed by atoms with Crippen LogP contribution in [-0.4, -0.2) is 21.1 Å². The molecule has 5 nitrogen and oxygen atoms in total. The fourth-order valence-electron chi connectivity index (χ4n) is 3.75. The number of hydrogen-bond donors (Lipinski definition) is 1. The van der Waals surface area contributed by atoms with Gasteiger partial charge in [-0.05, 0) is 77.1 Å². The SMILES string of the molecule is O=C(NN1C(=O)/C(=C\c2c(OCc3ccc(Cl)cc3)ccc3ccccc23)SC1=S)c1ccc(Cl)cc1. The molecule has 1 aliphatic heterocycles.